The number of nitrogens with zero attached hydrogens (tertiary/aromatic N) is 3. The average molecular weight is 422 g/mol. The second-order valence-electron chi connectivity index (χ2n) is 10.2. The van der Waals surface area contributed by atoms with E-state index in [1.165, 1.54) is 67.2 Å². The lowest BCUT2D eigenvalue weighted by Gasteiger charge is -2.35. The van der Waals surface area contributed by atoms with Crippen LogP contribution in [-0.2, 0) is 19.5 Å². The molecule has 0 N–H and O–H groups in total. The van der Waals surface area contributed by atoms with E-state index >= 15 is 0 Å². The molecule has 1 amide bonds. The summed E-state index contributed by atoms with van der Waals surface area (Å²) in [5.74, 6) is 0.968. The van der Waals surface area contributed by atoms with Crippen molar-refractivity contribution in [2.24, 2.45) is 5.92 Å². The Balaban J connectivity index is 1.45. The molecule has 3 heterocycles. The Morgan fingerprint density at radius 3 is 2.45 bits per heavy atom. The van der Waals surface area contributed by atoms with Crippen LogP contribution < -0.4 is 0 Å². The third kappa shape index (κ3) is 4.04. The van der Waals surface area contributed by atoms with Crippen LogP contribution in [0.4, 0.5) is 0 Å². The molecular weight excluding hydrogens is 382 g/mol. The van der Waals surface area contributed by atoms with Crippen LogP contribution in [0.25, 0.3) is 10.9 Å². The van der Waals surface area contributed by atoms with Gasteiger partial charge in [-0.25, -0.2) is 0 Å². The van der Waals surface area contributed by atoms with Gasteiger partial charge in [0, 0.05) is 67.3 Å². The summed E-state index contributed by atoms with van der Waals surface area (Å²) in [4.78, 5) is 18.1. The third-order valence-corrected chi connectivity index (χ3v) is 8.26. The predicted molar refractivity (Wildman–Crippen MR) is 128 cm³/mol. The van der Waals surface area contributed by atoms with Gasteiger partial charge in [0.1, 0.15) is 0 Å². The first kappa shape index (κ1) is 21.1. The molecule has 1 saturated carbocycles. The zero-order valence-corrected chi connectivity index (χ0v) is 19.5. The lowest BCUT2D eigenvalue weighted by molar-refractivity contribution is 0.0697. The normalized spacial score (nSPS) is 21.9. The largest absolute Gasteiger partial charge is 0.344 e. The van der Waals surface area contributed by atoms with E-state index in [2.05, 4.69) is 46.4 Å². The summed E-state index contributed by atoms with van der Waals surface area (Å²) < 4.78 is 2.51. The molecule has 2 fully saturated rings. The monoisotopic (exact) mass is 421 g/mol. The first-order valence-electron chi connectivity index (χ1n) is 12.8. The van der Waals surface area contributed by atoms with Gasteiger partial charge >= 0.3 is 0 Å². The lowest BCUT2D eigenvalue weighted by atomic mass is 9.97. The van der Waals surface area contributed by atoms with E-state index in [0.717, 1.165) is 63.0 Å². The van der Waals surface area contributed by atoms with Crippen LogP contribution in [0.15, 0.2) is 18.2 Å². The molecule has 0 spiro atoms. The number of aromatic nitrogens is 1. The Labute approximate surface area is 187 Å². The minimum atomic E-state index is 0.225. The van der Waals surface area contributed by atoms with Crippen molar-refractivity contribution >= 4 is 16.8 Å². The summed E-state index contributed by atoms with van der Waals surface area (Å²) in [6.45, 7) is 9.61. The highest BCUT2D eigenvalue weighted by atomic mass is 16.2. The second kappa shape index (κ2) is 8.97. The van der Waals surface area contributed by atoms with Gasteiger partial charge in [-0.05, 0) is 62.3 Å². The highest BCUT2D eigenvalue weighted by Crippen LogP contribution is 2.34. The van der Waals surface area contributed by atoms with Crippen LogP contribution in [0.2, 0.25) is 0 Å². The van der Waals surface area contributed by atoms with Crippen molar-refractivity contribution in [2.75, 3.05) is 19.6 Å². The fourth-order valence-electron chi connectivity index (χ4n) is 6.29. The minimum absolute atomic E-state index is 0.225. The van der Waals surface area contributed by atoms with Crippen molar-refractivity contribution in [1.29, 1.82) is 0 Å². The van der Waals surface area contributed by atoms with E-state index in [9.17, 15) is 4.79 Å². The van der Waals surface area contributed by atoms with E-state index in [0.29, 0.717) is 0 Å². The maximum atomic E-state index is 13.3. The number of fused-ring (bicyclic) bond motifs is 3. The van der Waals surface area contributed by atoms with E-state index in [-0.39, 0.29) is 5.91 Å². The van der Waals surface area contributed by atoms with Gasteiger partial charge in [-0.15, -0.1) is 0 Å². The fraction of sp³-hybridized carbons (Fsp3) is 0.667. The summed E-state index contributed by atoms with van der Waals surface area (Å²) in [5, 5.41) is 1.33. The molecule has 1 aromatic heterocycles. The van der Waals surface area contributed by atoms with Crippen molar-refractivity contribution in [3.05, 3.63) is 35.0 Å². The number of piperidine rings is 1. The summed E-state index contributed by atoms with van der Waals surface area (Å²) >= 11 is 0. The number of aryl methyl sites for hydroxylation is 1. The van der Waals surface area contributed by atoms with Gasteiger partial charge in [0.05, 0.1) is 0 Å². The second-order valence-corrected chi connectivity index (χ2v) is 10.2. The highest BCUT2D eigenvalue weighted by molar-refractivity contribution is 5.99. The summed E-state index contributed by atoms with van der Waals surface area (Å²) in [5.41, 5.74) is 5.21. The highest BCUT2D eigenvalue weighted by Gasteiger charge is 2.29. The van der Waals surface area contributed by atoms with E-state index in [1.807, 2.05) is 0 Å². The zero-order valence-electron chi connectivity index (χ0n) is 19.5. The Hall–Kier alpha value is -1.81. The number of benzene rings is 1. The number of hydrogen-bond acceptors (Lipinski definition) is 2. The summed E-state index contributed by atoms with van der Waals surface area (Å²) in [6.07, 6.45) is 11.7. The Morgan fingerprint density at radius 1 is 1.00 bits per heavy atom. The Morgan fingerprint density at radius 2 is 1.74 bits per heavy atom. The Bertz CT molecular complexity index is 930. The molecule has 0 bridgehead atoms. The van der Waals surface area contributed by atoms with Gasteiger partial charge in [-0.2, -0.15) is 0 Å². The van der Waals surface area contributed by atoms with Gasteiger partial charge in [0.15, 0.2) is 0 Å². The van der Waals surface area contributed by atoms with Crippen molar-refractivity contribution in [2.45, 2.75) is 90.8 Å². The molecule has 2 aromatic rings. The number of carbonyl (C=O) groups is 1. The van der Waals surface area contributed by atoms with Crippen LogP contribution in [0.1, 0.15) is 86.8 Å². The molecule has 4 nitrogen and oxygen atoms in total. The fourth-order valence-corrected chi connectivity index (χ4v) is 6.29. The van der Waals surface area contributed by atoms with Gasteiger partial charge in [-0.1, -0.05) is 32.6 Å². The SMILES string of the molecule is CCn1c2c(c3cc(C(=O)N4CCC(C)CC4)ccc31)CN(C1CCCCCC1)CC2. The van der Waals surface area contributed by atoms with Crippen LogP contribution >= 0.6 is 0 Å². The third-order valence-electron chi connectivity index (χ3n) is 8.26. The molecule has 31 heavy (non-hydrogen) atoms. The minimum Gasteiger partial charge on any atom is -0.344 e. The molecule has 0 atom stereocenters. The van der Waals surface area contributed by atoms with Gasteiger partial charge in [0.25, 0.3) is 5.91 Å². The molecule has 1 aliphatic carbocycles. The van der Waals surface area contributed by atoms with Gasteiger partial charge in [0.2, 0.25) is 0 Å². The standard InChI is InChI=1S/C27H39N3O/c1-3-30-25-11-10-21(27(31)28-15-12-20(2)13-16-28)18-23(25)24-19-29(17-14-26(24)30)22-8-6-4-5-7-9-22/h10-11,18,20,22H,3-9,12-17,19H2,1-2H3. The van der Waals surface area contributed by atoms with Crippen LogP contribution in [0.5, 0.6) is 0 Å². The number of likely N-dealkylation sites (tertiary alicyclic amines) is 1. The average Bonchev–Trinajstić information content (AvgIpc) is 2.94. The predicted octanol–water partition coefficient (Wildman–Crippen LogP) is 5.61. The Kier molecular flexibility index (Phi) is 6.10. The molecular formula is C27H39N3O. The van der Waals surface area contributed by atoms with Crippen LogP contribution in [0.3, 0.4) is 0 Å². The van der Waals surface area contributed by atoms with Crippen molar-refractivity contribution in [3.63, 3.8) is 0 Å². The van der Waals surface area contributed by atoms with Crippen molar-refractivity contribution < 1.29 is 4.79 Å². The molecule has 3 aliphatic rings. The van der Waals surface area contributed by atoms with E-state index in [4.69, 9.17) is 0 Å². The number of rotatable bonds is 3. The molecule has 0 unspecified atom stereocenters. The summed E-state index contributed by atoms with van der Waals surface area (Å²) in [7, 11) is 0. The van der Waals surface area contributed by atoms with Crippen LogP contribution in [-0.4, -0.2) is 46.0 Å². The van der Waals surface area contributed by atoms with Crippen molar-refractivity contribution in [1.82, 2.24) is 14.4 Å². The smallest absolute Gasteiger partial charge is 0.253 e. The quantitative estimate of drug-likeness (QED) is 0.602. The molecule has 4 heteroatoms. The van der Waals surface area contributed by atoms with E-state index in [1.54, 1.807) is 0 Å². The molecule has 1 saturated heterocycles. The van der Waals surface area contributed by atoms with Gasteiger partial charge < -0.3 is 9.47 Å². The van der Waals surface area contributed by atoms with E-state index < -0.39 is 0 Å². The maximum Gasteiger partial charge on any atom is 0.253 e. The maximum absolute atomic E-state index is 13.3. The summed E-state index contributed by atoms with van der Waals surface area (Å²) in [6, 6.07) is 7.25. The zero-order chi connectivity index (χ0) is 21.4. The number of amides is 1. The number of hydrogen-bond donors (Lipinski definition) is 0. The number of carbonyl (C=O) groups excluding carboxylic acids is 1. The molecule has 1 aromatic carbocycles. The first-order valence-corrected chi connectivity index (χ1v) is 12.8. The van der Waals surface area contributed by atoms with Crippen molar-refractivity contribution in [3.8, 4) is 0 Å². The molecule has 2 aliphatic heterocycles. The molecule has 5 rings (SSSR count). The molecule has 0 radical (unpaired) electrons. The molecule has 168 valence electrons. The van der Waals surface area contributed by atoms with Crippen LogP contribution in [0, 0.1) is 5.92 Å². The lowest BCUT2D eigenvalue weighted by Crippen LogP contribution is -2.39. The first-order chi connectivity index (χ1) is 15.2. The topological polar surface area (TPSA) is 28.5 Å². The van der Waals surface area contributed by atoms with Gasteiger partial charge in [-0.3, -0.25) is 9.69 Å².